The van der Waals surface area contributed by atoms with Gasteiger partial charge in [-0.15, -0.1) is 0 Å². The molecule has 0 amide bonds. The number of hydrogen-bond acceptors (Lipinski definition) is 2. The fraction of sp³-hybridized carbons (Fsp3) is 0.667. The van der Waals surface area contributed by atoms with Gasteiger partial charge in [-0.05, 0) is 44.8 Å². The largest absolute Gasteiger partial charge is 0.309 e. The molecule has 0 saturated carbocycles. The SMILES string of the molecule is CCNC(CN1CCCCC1CC)c1ccc(C)cc1. The maximum Gasteiger partial charge on any atom is 0.0449 e. The summed E-state index contributed by atoms with van der Waals surface area (Å²) in [6.07, 6.45) is 5.44. The van der Waals surface area contributed by atoms with Crippen LogP contribution in [0.3, 0.4) is 0 Å². The van der Waals surface area contributed by atoms with E-state index in [1.165, 1.54) is 43.4 Å². The standard InChI is InChI=1S/C18H30N2/c1-4-17-8-6-7-13-20(17)14-18(19-5-2)16-11-9-15(3)10-12-16/h9-12,17-19H,4-8,13-14H2,1-3H3. The highest BCUT2D eigenvalue weighted by atomic mass is 15.2. The molecule has 2 nitrogen and oxygen atoms in total. The maximum absolute atomic E-state index is 3.67. The van der Waals surface area contributed by atoms with Gasteiger partial charge in [0.05, 0.1) is 0 Å². The van der Waals surface area contributed by atoms with E-state index in [1.54, 1.807) is 0 Å². The van der Waals surface area contributed by atoms with Crippen LogP contribution in [0, 0.1) is 6.92 Å². The van der Waals surface area contributed by atoms with Crippen molar-refractivity contribution in [3.05, 3.63) is 35.4 Å². The Bertz CT molecular complexity index is 385. The molecule has 1 aliphatic heterocycles. The molecule has 1 aromatic carbocycles. The molecule has 2 unspecified atom stereocenters. The summed E-state index contributed by atoms with van der Waals surface area (Å²) >= 11 is 0. The van der Waals surface area contributed by atoms with Gasteiger partial charge in [0.25, 0.3) is 0 Å². The molecule has 0 radical (unpaired) electrons. The predicted molar refractivity (Wildman–Crippen MR) is 87.1 cm³/mol. The molecule has 1 aliphatic rings. The van der Waals surface area contributed by atoms with Crippen molar-refractivity contribution in [2.45, 2.75) is 58.5 Å². The number of benzene rings is 1. The number of nitrogens with zero attached hydrogens (tertiary/aromatic N) is 1. The summed E-state index contributed by atoms with van der Waals surface area (Å²) in [5, 5.41) is 3.67. The Balaban J connectivity index is 2.06. The molecular formula is C18H30N2. The first-order chi connectivity index (χ1) is 9.74. The van der Waals surface area contributed by atoms with Crippen LogP contribution in [0.15, 0.2) is 24.3 Å². The first kappa shape index (κ1) is 15.5. The fourth-order valence-corrected chi connectivity index (χ4v) is 3.33. The lowest BCUT2D eigenvalue weighted by molar-refractivity contribution is 0.129. The van der Waals surface area contributed by atoms with Crippen molar-refractivity contribution in [1.82, 2.24) is 10.2 Å². The first-order valence-electron chi connectivity index (χ1n) is 8.28. The summed E-state index contributed by atoms with van der Waals surface area (Å²) in [4.78, 5) is 2.71. The molecule has 20 heavy (non-hydrogen) atoms. The Morgan fingerprint density at radius 3 is 2.60 bits per heavy atom. The molecule has 1 N–H and O–H groups in total. The van der Waals surface area contributed by atoms with Gasteiger partial charge in [-0.2, -0.15) is 0 Å². The number of aryl methyl sites for hydroxylation is 1. The molecule has 2 atom stereocenters. The van der Waals surface area contributed by atoms with Crippen LogP contribution in [0.4, 0.5) is 0 Å². The lowest BCUT2D eigenvalue weighted by atomic mass is 9.97. The van der Waals surface area contributed by atoms with Gasteiger partial charge in [-0.1, -0.05) is 50.1 Å². The van der Waals surface area contributed by atoms with E-state index >= 15 is 0 Å². The Hall–Kier alpha value is -0.860. The quantitative estimate of drug-likeness (QED) is 0.846. The van der Waals surface area contributed by atoms with Gasteiger partial charge in [-0.25, -0.2) is 0 Å². The minimum atomic E-state index is 0.466. The van der Waals surface area contributed by atoms with Crippen molar-refractivity contribution in [2.24, 2.45) is 0 Å². The number of likely N-dealkylation sites (tertiary alicyclic amines) is 1. The molecule has 0 aromatic heterocycles. The molecule has 0 bridgehead atoms. The van der Waals surface area contributed by atoms with E-state index in [4.69, 9.17) is 0 Å². The summed E-state index contributed by atoms with van der Waals surface area (Å²) in [6.45, 7) is 10.1. The minimum Gasteiger partial charge on any atom is -0.309 e. The molecule has 2 heteroatoms. The Labute approximate surface area is 124 Å². The number of nitrogens with one attached hydrogen (secondary N) is 1. The molecule has 1 heterocycles. The van der Waals surface area contributed by atoms with Crippen LogP contribution in [0.1, 0.15) is 56.7 Å². The molecule has 0 aliphatic carbocycles. The lowest BCUT2D eigenvalue weighted by Crippen LogP contribution is -2.44. The zero-order chi connectivity index (χ0) is 14.4. The van der Waals surface area contributed by atoms with Gasteiger partial charge in [0.15, 0.2) is 0 Å². The summed E-state index contributed by atoms with van der Waals surface area (Å²) < 4.78 is 0. The van der Waals surface area contributed by atoms with E-state index in [0.29, 0.717) is 6.04 Å². The van der Waals surface area contributed by atoms with Crippen LogP contribution >= 0.6 is 0 Å². The number of rotatable bonds is 6. The topological polar surface area (TPSA) is 15.3 Å². The van der Waals surface area contributed by atoms with E-state index in [2.05, 4.69) is 55.3 Å². The second-order valence-electron chi connectivity index (χ2n) is 6.07. The van der Waals surface area contributed by atoms with Crippen molar-refractivity contribution >= 4 is 0 Å². The number of likely N-dealkylation sites (N-methyl/N-ethyl adjacent to an activating group) is 1. The summed E-state index contributed by atoms with van der Waals surface area (Å²) in [7, 11) is 0. The summed E-state index contributed by atoms with van der Waals surface area (Å²) in [5.41, 5.74) is 2.77. The molecule has 0 spiro atoms. The number of hydrogen-bond donors (Lipinski definition) is 1. The van der Waals surface area contributed by atoms with Gasteiger partial charge in [0, 0.05) is 18.6 Å². The summed E-state index contributed by atoms with van der Waals surface area (Å²) in [5.74, 6) is 0. The van der Waals surface area contributed by atoms with Crippen LogP contribution in [0.25, 0.3) is 0 Å². The Morgan fingerprint density at radius 1 is 1.20 bits per heavy atom. The monoisotopic (exact) mass is 274 g/mol. The average molecular weight is 274 g/mol. The smallest absolute Gasteiger partial charge is 0.0449 e. The predicted octanol–water partition coefficient (Wildman–Crippen LogP) is 3.91. The third-order valence-electron chi connectivity index (χ3n) is 4.57. The molecule has 2 rings (SSSR count). The zero-order valence-corrected chi connectivity index (χ0v) is 13.4. The van der Waals surface area contributed by atoms with Crippen molar-refractivity contribution in [3.63, 3.8) is 0 Å². The van der Waals surface area contributed by atoms with Gasteiger partial charge in [-0.3, -0.25) is 4.90 Å². The molecule has 1 fully saturated rings. The average Bonchev–Trinajstić information content (AvgIpc) is 2.48. The summed E-state index contributed by atoms with van der Waals surface area (Å²) in [6, 6.07) is 10.3. The lowest BCUT2D eigenvalue weighted by Gasteiger charge is -2.37. The van der Waals surface area contributed by atoms with Crippen molar-refractivity contribution < 1.29 is 0 Å². The van der Waals surface area contributed by atoms with E-state index in [-0.39, 0.29) is 0 Å². The molecule has 1 aromatic rings. The van der Waals surface area contributed by atoms with Gasteiger partial charge < -0.3 is 5.32 Å². The normalized spacial score (nSPS) is 21.9. The van der Waals surface area contributed by atoms with E-state index < -0.39 is 0 Å². The second-order valence-corrected chi connectivity index (χ2v) is 6.07. The van der Waals surface area contributed by atoms with Crippen LogP contribution < -0.4 is 5.32 Å². The third kappa shape index (κ3) is 4.07. The van der Waals surface area contributed by atoms with E-state index in [9.17, 15) is 0 Å². The van der Waals surface area contributed by atoms with Crippen LogP contribution in [-0.4, -0.2) is 30.6 Å². The number of piperidine rings is 1. The van der Waals surface area contributed by atoms with Gasteiger partial charge >= 0.3 is 0 Å². The van der Waals surface area contributed by atoms with Crippen molar-refractivity contribution in [2.75, 3.05) is 19.6 Å². The highest BCUT2D eigenvalue weighted by molar-refractivity contribution is 5.24. The van der Waals surface area contributed by atoms with E-state index in [0.717, 1.165) is 19.1 Å². The van der Waals surface area contributed by atoms with E-state index in [1.807, 2.05) is 0 Å². The highest BCUT2D eigenvalue weighted by Crippen LogP contribution is 2.23. The second kappa shape index (κ2) is 7.80. The first-order valence-corrected chi connectivity index (χ1v) is 8.28. The van der Waals surface area contributed by atoms with Crippen LogP contribution in [0.5, 0.6) is 0 Å². The van der Waals surface area contributed by atoms with Crippen LogP contribution in [0.2, 0.25) is 0 Å². The van der Waals surface area contributed by atoms with Crippen molar-refractivity contribution in [3.8, 4) is 0 Å². The highest BCUT2D eigenvalue weighted by Gasteiger charge is 2.23. The molecule has 1 saturated heterocycles. The van der Waals surface area contributed by atoms with Gasteiger partial charge in [0.2, 0.25) is 0 Å². The van der Waals surface area contributed by atoms with Crippen LogP contribution in [-0.2, 0) is 0 Å². The molecular weight excluding hydrogens is 244 g/mol. The Morgan fingerprint density at radius 2 is 1.95 bits per heavy atom. The minimum absolute atomic E-state index is 0.466. The third-order valence-corrected chi connectivity index (χ3v) is 4.57. The van der Waals surface area contributed by atoms with Crippen molar-refractivity contribution in [1.29, 1.82) is 0 Å². The molecule has 112 valence electrons. The van der Waals surface area contributed by atoms with Gasteiger partial charge in [0.1, 0.15) is 0 Å². The maximum atomic E-state index is 3.67. The Kier molecular flexibility index (Phi) is 6.06. The fourth-order valence-electron chi connectivity index (χ4n) is 3.33. The zero-order valence-electron chi connectivity index (χ0n) is 13.4.